The Labute approximate surface area is 100 Å². The highest BCUT2D eigenvalue weighted by molar-refractivity contribution is 5.08. The van der Waals surface area contributed by atoms with Gasteiger partial charge in [-0.1, -0.05) is 0 Å². The predicted molar refractivity (Wildman–Crippen MR) is 36.5 cm³/mol. The van der Waals surface area contributed by atoms with Crippen LogP contribution in [0.25, 0.3) is 0 Å². The molecular weight excluding hydrogens is 330 g/mol. The van der Waals surface area contributed by atoms with Gasteiger partial charge in [-0.25, -0.2) is 8.78 Å². The highest BCUT2D eigenvalue weighted by atomic mass is 19.4. The number of alkyl halides is 12. The van der Waals surface area contributed by atoms with E-state index in [0.29, 0.717) is 0 Å². The molecule has 0 aliphatic carbocycles. The molecule has 0 heterocycles. The minimum atomic E-state index is -7.70. The van der Waals surface area contributed by atoms with Gasteiger partial charge in [0, 0.05) is 5.18 Å². The molecule has 14 heteroatoms. The van der Waals surface area contributed by atoms with Gasteiger partial charge in [0.05, 0.1) is 0 Å². The topological polar surface area (TPSA) is 29.4 Å². The smallest absolute Gasteiger partial charge is 0.203 e. The molecule has 20 heavy (non-hydrogen) atoms. The molecule has 0 saturated heterocycles. The SMILES string of the molecule is O=NC(F)(F)C(F)(F)C(F)(F)C(F)(F)C(F)(F)C(F)F. The summed E-state index contributed by atoms with van der Waals surface area (Å²) in [6, 6.07) is -6.74. The fraction of sp³-hybridized carbons (Fsp3) is 1.00. The summed E-state index contributed by atoms with van der Waals surface area (Å²) < 4.78 is 146. The maximum atomic E-state index is 12.5. The maximum Gasteiger partial charge on any atom is 0.445 e. The first kappa shape index (κ1) is 18.8. The van der Waals surface area contributed by atoms with Crippen LogP contribution in [-0.2, 0) is 0 Å². The van der Waals surface area contributed by atoms with Gasteiger partial charge in [0.2, 0.25) is 0 Å². The third-order valence-electron chi connectivity index (χ3n) is 1.97. The molecule has 0 aromatic heterocycles. The lowest BCUT2D eigenvalue weighted by Crippen LogP contribution is -2.68. The zero-order valence-corrected chi connectivity index (χ0v) is 8.47. The molecule has 0 saturated carbocycles. The third-order valence-corrected chi connectivity index (χ3v) is 1.97. The molecule has 0 bridgehead atoms. The second-order valence-electron chi connectivity index (χ2n) is 3.28. The Balaban J connectivity index is 6.04. The fourth-order valence-electron chi connectivity index (χ4n) is 0.790. The van der Waals surface area contributed by atoms with E-state index < -0.39 is 36.2 Å². The van der Waals surface area contributed by atoms with E-state index in [1.807, 2.05) is 0 Å². The quantitative estimate of drug-likeness (QED) is 0.408. The first-order chi connectivity index (χ1) is 8.50. The summed E-state index contributed by atoms with van der Waals surface area (Å²) in [6.07, 6.45) is -5.57. The van der Waals surface area contributed by atoms with Gasteiger partial charge < -0.3 is 0 Å². The second kappa shape index (κ2) is 4.65. The first-order valence-electron chi connectivity index (χ1n) is 4.02. The lowest BCUT2D eigenvalue weighted by Gasteiger charge is -2.37. The van der Waals surface area contributed by atoms with Crippen LogP contribution < -0.4 is 0 Å². The van der Waals surface area contributed by atoms with Crippen molar-refractivity contribution in [1.82, 2.24) is 0 Å². The van der Waals surface area contributed by atoms with Crippen molar-refractivity contribution in [1.29, 1.82) is 0 Å². The van der Waals surface area contributed by atoms with Crippen molar-refractivity contribution in [3.63, 3.8) is 0 Å². The Morgan fingerprint density at radius 1 is 0.650 bits per heavy atom. The number of hydrogen-bond donors (Lipinski definition) is 0. The van der Waals surface area contributed by atoms with E-state index in [1.165, 1.54) is 0 Å². The van der Waals surface area contributed by atoms with Crippen LogP contribution in [0.1, 0.15) is 0 Å². The van der Waals surface area contributed by atoms with Crippen LogP contribution in [0.4, 0.5) is 52.7 Å². The van der Waals surface area contributed by atoms with Gasteiger partial charge in [-0.15, -0.1) is 4.91 Å². The van der Waals surface area contributed by atoms with Crippen LogP contribution in [0.5, 0.6) is 0 Å². The van der Waals surface area contributed by atoms with Gasteiger partial charge in [0.15, 0.2) is 0 Å². The predicted octanol–water partition coefficient (Wildman–Crippen LogP) is 4.15. The number of nitroso groups, excluding NO2 is 1. The van der Waals surface area contributed by atoms with Crippen molar-refractivity contribution >= 4 is 0 Å². The summed E-state index contributed by atoms with van der Waals surface area (Å²) in [4.78, 5) is 9.24. The summed E-state index contributed by atoms with van der Waals surface area (Å²) in [5.74, 6) is -29.8. The molecule has 0 rings (SSSR count). The van der Waals surface area contributed by atoms with Gasteiger partial charge in [-0.2, -0.15) is 43.9 Å². The summed E-state index contributed by atoms with van der Waals surface area (Å²) in [6.45, 7) is 0. The molecule has 0 aromatic rings. The monoisotopic (exact) mass is 331 g/mol. The highest BCUT2D eigenvalue weighted by Gasteiger charge is 2.88. The van der Waals surface area contributed by atoms with Gasteiger partial charge in [0.1, 0.15) is 0 Å². The third kappa shape index (κ3) is 2.17. The molecule has 120 valence electrons. The minimum Gasteiger partial charge on any atom is -0.203 e. The van der Waals surface area contributed by atoms with E-state index in [1.54, 1.807) is 0 Å². The molecule has 0 aliphatic rings. The lowest BCUT2D eigenvalue weighted by atomic mass is 9.97. The summed E-state index contributed by atoms with van der Waals surface area (Å²) in [5.41, 5.74) is 0. The average molecular weight is 331 g/mol. The fourth-order valence-corrected chi connectivity index (χ4v) is 0.790. The van der Waals surface area contributed by atoms with Crippen molar-refractivity contribution in [3.8, 4) is 0 Å². The maximum absolute atomic E-state index is 12.5. The standard InChI is InChI=1S/C6HF12NO/c7-1(8)2(9,10)3(11,12)4(13,14)5(15,16)6(17,18)19-20/h1H. The van der Waals surface area contributed by atoms with E-state index in [2.05, 4.69) is 0 Å². The Hall–Kier alpha value is -1.24. The van der Waals surface area contributed by atoms with Crippen LogP contribution in [0, 0.1) is 4.91 Å². The van der Waals surface area contributed by atoms with Crippen molar-refractivity contribution in [3.05, 3.63) is 4.91 Å². The Morgan fingerprint density at radius 3 is 1.25 bits per heavy atom. The molecule has 0 aromatic carbocycles. The molecule has 0 aliphatic heterocycles. The zero-order valence-electron chi connectivity index (χ0n) is 8.47. The highest BCUT2D eigenvalue weighted by Crippen LogP contribution is 2.58. The van der Waals surface area contributed by atoms with Crippen LogP contribution in [0.15, 0.2) is 5.18 Å². The van der Waals surface area contributed by atoms with Crippen molar-refractivity contribution < 1.29 is 52.7 Å². The van der Waals surface area contributed by atoms with Crippen molar-refractivity contribution in [2.75, 3.05) is 0 Å². The molecule has 0 spiro atoms. The molecule has 0 atom stereocenters. The zero-order chi connectivity index (χ0) is 16.8. The van der Waals surface area contributed by atoms with E-state index >= 15 is 0 Å². The first-order valence-corrected chi connectivity index (χ1v) is 4.02. The lowest BCUT2D eigenvalue weighted by molar-refractivity contribution is -0.411. The molecule has 2 nitrogen and oxygen atoms in total. The van der Waals surface area contributed by atoms with Gasteiger partial charge >= 0.3 is 36.2 Å². The summed E-state index contributed by atoms with van der Waals surface area (Å²) in [5, 5.41) is 0.120. The van der Waals surface area contributed by atoms with E-state index in [-0.39, 0.29) is 5.18 Å². The van der Waals surface area contributed by atoms with Crippen LogP contribution in [-0.4, -0.2) is 36.2 Å². The average Bonchev–Trinajstić information content (AvgIpc) is 2.27. The largest absolute Gasteiger partial charge is 0.445 e. The number of halogens is 12. The van der Waals surface area contributed by atoms with Crippen molar-refractivity contribution in [2.24, 2.45) is 5.18 Å². The van der Waals surface area contributed by atoms with Crippen LogP contribution >= 0.6 is 0 Å². The van der Waals surface area contributed by atoms with E-state index in [9.17, 15) is 57.6 Å². The Kier molecular flexibility index (Phi) is 4.36. The van der Waals surface area contributed by atoms with Crippen molar-refractivity contribution in [2.45, 2.75) is 36.2 Å². The van der Waals surface area contributed by atoms with Crippen LogP contribution in [0.3, 0.4) is 0 Å². The summed E-state index contributed by atoms with van der Waals surface area (Å²) >= 11 is 0. The Bertz CT molecular complexity index is 376. The molecule has 0 fully saturated rings. The number of nitrogens with zero attached hydrogens (tertiary/aromatic N) is 1. The van der Waals surface area contributed by atoms with Crippen LogP contribution in [0.2, 0.25) is 0 Å². The molecule has 0 radical (unpaired) electrons. The Morgan fingerprint density at radius 2 is 1.00 bits per heavy atom. The van der Waals surface area contributed by atoms with E-state index in [4.69, 9.17) is 0 Å². The molecule has 0 unspecified atom stereocenters. The molecule has 0 N–H and O–H groups in total. The van der Waals surface area contributed by atoms with E-state index in [0.717, 1.165) is 0 Å². The summed E-state index contributed by atoms with van der Waals surface area (Å²) in [7, 11) is 0. The normalized spacial score (nSPS) is 15.7. The second-order valence-corrected chi connectivity index (χ2v) is 3.28. The minimum absolute atomic E-state index is 0.120. The van der Waals surface area contributed by atoms with Gasteiger partial charge in [-0.3, -0.25) is 0 Å². The van der Waals surface area contributed by atoms with Gasteiger partial charge in [0.25, 0.3) is 0 Å². The van der Waals surface area contributed by atoms with Gasteiger partial charge in [-0.05, 0) is 0 Å². The molecule has 0 amide bonds. The molecular formula is C6HF12NO. The number of hydrogen-bond acceptors (Lipinski definition) is 2. The number of rotatable bonds is 6.